The van der Waals surface area contributed by atoms with Crippen LogP contribution in [0.15, 0.2) is 46.9 Å². The van der Waals surface area contributed by atoms with Crippen molar-refractivity contribution in [1.82, 2.24) is 16.2 Å². The van der Waals surface area contributed by atoms with Crippen molar-refractivity contribution in [3.05, 3.63) is 58.1 Å². The van der Waals surface area contributed by atoms with Crippen LogP contribution in [-0.2, 0) is 4.79 Å². The van der Waals surface area contributed by atoms with Crippen LogP contribution in [0.2, 0.25) is 0 Å². The molecule has 0 atom stereocenters. The largest absolute Gasteiger partial charge is 0.493 e. The zero-order valence-electron chi connectivity index (χ0n) is 16.8. The van der Waals surface area contributed by atoms with Crippen LogP contribution in [0.25, 0.3) is 0 Å². The van der Waals surface area contributed by atoms with Gasteiger partial charge >= 0.3 is 0 Å². The van der Waals surface area contributed by atoms with E-state index in [-0.39, 0.29) is 11.7 Å². The van der Waals surface area contributed by atoms with Crippen LogP contribution in [0, 0.1) is 6.92 Å². The Morgan fingerprint density at radius 3 is 2.50 bits per heavy atom. The summed E-state index contributed by atoms with van der Waals surface area (Å²) in [7, 11) is 0. The molecule has 2 aromatic rings. The number of unbranched alkanes of at least 4 members (excludes halogenated alkanes) is 1. The van der Waals surface area contributed by atoms with Crippen molar-refractivity contribution in [3.63, 3.8) is 0 Å². The van der Waals surface area contributed by atoms with Gasteiger partial charge in [-0.15, -0.1) is 0 Å². The first-order valence-corrected chi connectivity index (χ1v) is 10.6. The standard InChI is InChI=1S/C21H24BrN3O4S/c1-3-4-11-28-18-10-7-15(22)12-17(18)20(27)23-21(30)25-24-19(26)13-29-16-8-5-14(2)6-9-16/h5-10,12H,3-4,11,13H2,1-2H3,(H,24,26)(H2,23,25,27,30). The van der Waals surface area contributed by atoms with Gasteiger partial charge in [0.25, 0.3) is 11.8 Å². The maximum Gasteiger partial charge on any atom is 0.276 e. The second kappa shape index (κ2) is 12.1. The smallest absolute Gasteiger partial charge is 0.276 e. The fraction of sp³-hybridized carbons (Fsp3) is 0.286. The summed E-state index contributed by atoms with van der Waals surface area (Å²) in [4.78, 5) is 24.5. The number of hydrogen-bond donors (Lipinski definition) is 3. The molecule has 0 aromatic heterocycles. The lowest BCUT2D eigenvalue weighted by Gasteiger charge is -2.14. The Kier molecular flexibility index (Phi) is 9.56. The van der Waals surface area contributed by atoms with E-state index in [1.807, 2.05) is 19.1 Å². The number of benzene rings is 2. The summed E-state index contributed by atoms with van der Waals surface area (Å²) in [5, 5.41) is 2.46. The van der Waals surface area contributed by atoms with E-state index in [0.717, 1.165) is 22.9 Å². The molecule has 0 aliphatic heterocycles. The third kappa shape index (κ3) is 8.00. The van der Waals surface area contributed by atoms with Crippen LogP contribution >= 0.6 is 28.1 Å². The Labute approximate surface area is 189 Å². The van der Waals surface area contributed by atoms with Gasteiger partial charge in [-0.05, 0) is 55.9 Å². The minimum absolute atomic E-state index is 0.0526. The topological polar surface area (TPSA) is 88.7 Å². The summed E-state index contributed by atoms with van der Waals surface area (Å²) in [6.45, 7) is 4.33. The van der Waals surface area contributed by atoms with Crippen molar-refractivity contribution < 1.29 is 19.1 Å². The number of rotatable bonds is 8. The third-order valence-corrected chi connectivity index (χ3v) is 4.57. The first-order chi connectivity index (χ1) is 14.4. The molecule has 0 unspecified atom stereocenters. The quantitative estimate of drug-likeness (QED) is 0.295. The van der Waals surface area contributed by atoms with Gasteiger partial charge in [-0.2, -0.15) is 0 Å². The zero-order chi connectivity index (χ0) is 21.9. The van der Waals surface area contributed by atoms with Crippen LogP contribution in [0.1, 0.15) is 35.7 Å². The molecule has 160 valence electrons. The molecule has 0 spiro atoms. The van der Waals surface area contributed by atoms with Crippen LogP contribution in [0.3, 0.4) is 0 Å². The molecule has 0 aliphatic carbocycles. The van der Waals surface area contributed by atoms with Gasteiger partial charge in [-0.25, -0.2) is 0 Å². The van der Waals surface area contributed by atoms with Crippen molar-refractivity contribution in [2.45, 2.75) is 26.7 Å². The summed E-state index contributed by atoms with van der Waals surface area (Å²) in [5.41, 5.74) is 6.29. The minimum Gasteiger partial charge on any atom is -0.493 e. The highest BCUT2D eigenvalue weighted by Gasteiger charge is 2.15. The Morgan fingerprint density at radius 2 is 1.80 bits per heavy atom. The lowest BCUT2D eigenvalue weighted by molar-refractivity contribution is -0.123. The molecule has 0 fully saturated rings. The lowest BCUT2D eigenvalue weighted by Crippen LogP contribution is -2.49. The number of ether oxygens (including phenoxy) is 2. The van der Waals surface area contributed by atoms with Gasteiger partial charge in [0.2, 0.25) is 0 Å². The van der Waals surface area contributed by atoms with Gasteiger partial charge in [0, 0.05) is 4.47 Å². The molecule has 7 nitrogen and oxygen atoms in total. The number of hydrazine groups is 1. The van der Waals surface area contributed by atoms with E-state index in [1.165, 1.54) is 0 Å². The number of thiocarbonyl (C=S) groups is 1. The Bertz CT molecular complexity index is 890. The highest BCUT2D eigenvalue weighted by molar-refractivity contribution is 9.10. The molecule has 30 heavy (non-hydrogen) atoms. The van der Waals surface area contributed by atoms with Gasteiger partial charge in [-0.1, -0.05) is 47.0 Å². The van der Waals surface area contributed by atoms with E-state index in [9.17, 15) is 9.59 Å². The molecule has 0 saturated carbocycles. The van der Waals surface area contributed by atoms with E-state index < -0.39 is 11.8 Å². The fourth-order valence-electron chi connectivity index (χ4n) is 2.28. The molecule has 2 amide bonds. The molecule has 2 aromatic carbocycles. The van der Waals surface area contributed by atoms with E-state index in [0.29, 0.717) is 23.7 Å². The number of carbonyl (C=O) groups excluding carboxylic acids is 2. The summed E-state index contributed by atoms with van der Waals surface area (Å²) >= 11 is 8.42. The molecule has 2 rings (SSSR count). The van der Waals surface area contributed by atoms with Crippen molar-refractivity contribution in [2.75, 3.05) is 13.2 Å². The van der Waals surface area contributed by atoms with Crippen molar-refractivity contribution in [1.29, 1.82) is 0 Å². The molecular weight excluding hydrogens is 470 g/mol. The number of hydrogen-bond acceptors (Lipinski definition) is 5. The average Bonchev–Trinajstić information content (AvgIpc) is 2.73. The predicted molar refractivity (Wildman–Crippen MR) is 123 cm³/mol. The van der Waals surface area contributed by atoms with E-state index in [1.54, 1.807) is 30.3 Å². The third-order valence-electron chi connectivity index (χ3n) is 3.88. The highest BCUT2D eigenvalue weighted by Crippen LogP contribution is 2.23. The van der Waals surface area contributed by atoms with Crippen LogP contribution in [0.5, 0.6) is 11.5 Å². The number of carbonyl (C=O) groups is 2. The SMILES string of the molecule is CCCCOc1ccc(Br)cc1C(=O)NC(=S)NNC(=O)COc1ccc(C)cc1. The molecule has 0 heterocycles. The summed E-state index contributed by atoms with van der Waals surface area (Å²) in [6, 6.07) is 12.5. The molecular formula is C21H24BrN3O4S. The first-order valence-electron chi connectivity index (χ1n) is 9.41. The second-order valence-corrected chi connectivity index (χ2v) is 7.72. The average molecular weight is 494 g/mol. The van der Waals surface area contributed by atoms with Crippen molar-refractivity contribution in [3.8, 4) is 11.5 Å². The van der Waals surface area contributed by atoms with Crippen LogP contribution in [-0.4, -0.2) is 30.1 Å². The Balaban J connectivity index is 1.82. The molecule has 0 aliphatic rings. The fourth-order valence-corrected chi connectivity index (χ4v) is 2.78. The van der Waals surface area contributed by atoms with Gasteiger partial charge in [0.1, 0.15) is 11.5 Å². The number of nitrogens with one attached hydrogen (secondary N) is 3. The monoisotopic (exact) mass is 493 g/mol. The van der Waals surface area contributed by atoms with Crippen molar-refractivity contribution >= 4 is 45.1 Å². The number of aryl methyl sites for hydroxylation is 1. The maximum atomic E-state index is 12.6. The first kappa shape index (κ1) is 23.6. The Hall–Kier alpha value is -2.65. The van der Waals surface area contributed by atoms with E-state index in [4.69, 9.17) is 21.7 Å². The summed E-state index contributed by atoms with van der Waals surface area (Å²) < 4.78 is 11.8. The van der Waals surface area contributed by atoms with E-state index in [2.05, 4.69) is 39.0 Å². The number of halogens is 1. The summed E-state index contributed by atoms with van der Waals surface area (Å²) in [6.07, 6.45) is 1.87. The van der Waals surface area contributed by atoms with Crippen molar-refractivity contribution in [2.24, 2.45) is 0 Å². The summed E-state index contributed by atoms with van der Waals surface area (Å²) in [5.74, 6) is 0.142. The van der Waals surface area contributed by atoms with Gasteiger partial charge in [-0.3, -0.25) is 25.8 Å². The highest BCUT2D eigenvalue weighted by atomic mass is 79.9. The molecule has 3 N–H and O–H groups in total. The van der Waals surface area contributed by atoms with E-state index >= 15 is 0 Å². The molecule has 9 heteroatoms. The number of amides is 2. The minimum atomic E-state index is -0.453. The van der Waals surface area contributed by atoms with Crippen LogP contribution < -0.4 is 25.6 Å². The van der Waals surface area contributed by atoms with Gasteiger partial charge < -0.3 is 9.47 Å². The van der Waals surface area contributed by atoms with Gasteiger partial charge in [0.05, 0.1) is 12.2 Å². The van der Waals surface area contributed by atoms with Gasteiger partial charge in [0.15, 0.2) is 11.7 Å². The normalized spacial score (nSPS) is 10.1. The maximum absolute atomic E-state index is 12.6. The molecule has 0 radical (unpaired) electrons. The molecule has 0 bridgehead atoms. The predicted octanol–water partition coefficient (Wildman–Crippen LogP) is 3.65. The molecule has 0 saturated heterocycles. The lowest BCUT2D eigenvalue weighted by atomic mass is 10.2. The van der Waals surface area contributed by atoms with Crippen LogP contribution in [0.4, 0.5) is 0 Å². The Morgan fingerprint density at radius 1 is 1.07 bits per heavy atom. The zero-order valence-corrected chi connectivity index (χ0v) is 19.2. The second-order valence-electron chi connectivity index (χ2n) is 6.40.